The number of hydrogen-bond donors (Lipinski definition) is 2. The first-order valence-electron chi connectivity index (χ1n) is 5.46. The molecule has 7 heteroatoms. The van der Waals surface area contributed by atoms with Crippen LogP contribution in [0.4, 0.5) is 10.9 Å². The second kappa shape index (κ2) is 4.53. The number of rotatable bonds is 4. The number of carbonyl (C=O) groups is 1. The van der Waals surface area contributed by atoms with E-state index in [4.69, 9.17) is 17.3 Å². The molecule has 0 unspecified atom stereocenters. The molecular weight excluding hydrogens is 290 g/mol. The van der Waals surface area contributed by atoms with Crippen molar-refractivity contribution in [1.82, 2.24) is 4.98 Å². The Bertz CT molecular complexity index is 603. The van der Waals surface area contributed by atoms with Gasteiger partial charge in [-0.3, -0.25) is 4.79 Å². The summed E-state index contributed by atoms with van der Waals surface area (Å²) in [6.45, 7) is 0. The number of nitrogens with two attached hydrogens (primary N) is 1. The van der Waals surface area contributed by atoms with Gasteiger partial charge in [0.15, 0.2) is 5.13 Å². The van der Waals surface area contributed by atoms with Crippen LogP contribution >= 0.6 is 34.3 Å². The molecule has 1 aliphatic carbocycles. The summed E-state index contributed by atoms with van der Waals surface area (Å²) >= 11 is 8.39. The van der Waals surface area contributed by atoms with Crippen molar-refractivity contribution in [2.45, 2.75) is 18.9 Å². The molecular formula is C11H10ClN3OS2. The molecule has 0 radical (unpaired) electrons. The first-order valence-corrected chi connectivity index (χ1v) is 7.47. The molecule has 2 aromatic rings. The molecule has 0 atom stereocenters. The minimum absolute atomic E-state index is 0.106. The van der Waals surface area contributed by atoms with Crippen LogP contribution in [0.2, 0.25) is 4.34 Å². The maximum Gasteiger partial charge on any atom is 0.216 e. The van der Waals surface area contributed by atoms with E-state index in [1.807, 2.05) is 0 Å². The lowest BCUT2D eigenvalue weighted by Crippen LogP contribution is -2.00. The lowest BCUT2D eigenvalue weighted by molar-refractivity contribution is 0.104. The fraction of sp³-hybridized carbons (Fsp3) is 0.273. The van der Waals surface area contributed by atoms with E-state index >= 15 is 0 Å². The number of thiophene rings is 1. The molecule has 2 aromatic heterocycles. The van der Waals surface area contributed by atoms with Gasteiger partial charge in [-0.2, -0.15) is 0 Å². The summed E-state index contributed by atoms with van der Waals surface area (Å²) in [6, 6.07) is 3.91. The molecule has 18 heavy (non-hydrogen) atoms. The zero-order chi connectivity index (χ0) is 12.7. The normalized spacial score (nSPS) is 14.7. The van der Waals surface area contributed by atoms with Crippen molar-refractivity contribution in [2.75, 3.05) is 11.1 Å². The molecule has 0 bridgehead atoms. The first-order chi connectivity index (χ1) is 8.63. The van der Waals surface area contributed by atoms with Crippen LogP contribution in [0, 0.1) is 0 Å². The lowest BCUT2D eigenvalue weighted by atomic mass is 10.3. The number of carbonyl (C=O) groups excluding carboxylic acids is 1. The lowest BCUT2D eigenvalue weighted by Gasteiger charge is -1.95. The number of thiazole rings is 1. The van der Waals surface area contributed by atoms with E-state index < -0.39 is 0 Å². The van der Waals surface area contributed by atoms with Gasteiger partial charge in [0.05, 0.1) is 9.21 Å². The standard InChI is InChI=1S/C11H10ClN3OS2/c12-7-4-3-6(17-7)8(16)9-10(13)15-11(18-9)14-5-1-2-5/h3-5H,1-2,13H2,(H,14,15). The van der Waals surface area contributed by atoms with Gasteiger partial charge < -0.3 is 11.1 Å². The first kappa shape index (κ1) is 12.0. The molecule has 1 aliphatic rings. The van der Waals surface area contributed by atoms with Gasteiger partial charge in [0.1, 0.15) is 10.7 Å². The van der Waals surface area contributed by atoms with E-state index in [9.17, 15) is 4.79 Å². The number of nitrogen functional groups attached to an aromatic ring is 1. The molecule has 94 valence electrons. The Morgan fingerprint density at radius 2 is 2.22 bits per heavy atom. The van der Waals surface area contributed by atoms with E-state index in [0.717, 1.165) is 18.0 Å². The molecule has 1 fully saturated rings. The number of nitrogens with one attached hydrogen (secondary N) is 1. The van der Waals surface area contributed by atoms with Crippen LogP contribution in [0.25, 0.3) is 0 Å². The SMILES string of the molecule is Nc1nc(NC2CC2)sc1C(=O)c1ccc(Cl)s1. The van der Waals surface area contributed by atoms with E-state index in [2.05, 4.69) is 10.3 Å². The number of halogens is 1. The molecule has 0 amide bonds. The molecule has 0 spiro atoms. The van der Waals surface area contributed by atoms with Gasteiger partial charge in [0.25, 0.3) is 0 Å². The highest BCUT2D eigenvalue weighted by atomic mass is 35.5. The van der Waals surface area contributed by atoms with Gasteiger partial charge in [0.2, 0.25) is 5.78 Å². The van der Waals surface area contributed by atoms with E-state index in [1.165, 1.54) is 22.7 Å². The highest BCUT2D eigenvalue weighted by Crippen LogP contribution is 2.33. The predicted octanol–water partition coefficient (Wildman–Crippen LogP) is 3.25. The Kier molecular flexibility index (Phi) is 3.01. The van der Waals surface area contributed by atoms with Crippen molar-refractivity contribution < 1.29 is 4.79 Å². The third kappa shape index (κ3) is 2.36. The highest BCUT2D eigenvalue weighted by molar-refractivity contribution is 7.21. The number of anilines is 2. The van der Waals surface area contributed by atoms with Crippen molar-refractivity contribution >= 4 is 51.0 Å². The summed E-state index contributed by atoms with van der Waals surface area (Å²) in [4.78, 5) is 17.5. The van der Waals surface area contributed by atoms with Gasteiger partial charge in [-0.1, -0.05) is 22.9 Å². The van der Waals surface area contributed by atoms with Gasteiger partial charge in [0, 0.05) is 6.04 Å². The van der Waals surface area contributed by atoms with Crippen LogP contribution in [0.1, 0.15) is 27.4 Å². The molecule has 2 heterocycles. The maximum atomic E-state index is 12.2. The quantitative estimate of drug-likeness (QED) is 0.850. The maximum absolute atomic E-state index is 12.2. The summed E-state index contributed by atoms with van der Waals surface area (Å²) < 4.78 is 0.595. The minimum atomic E-state index is -0.106. The second-order valence-corrected chi connectivity index (χ2v) is 6.80. The van der Waals surface area contributed by atoms with Crippen LogP contribution in [0.15, 0.2) is 12.1 Å². The average Bonchev–Trinajstić information content (AvgIpc) is 2.91. The summed E-state index contributed by atoms with van der Waals surface area (Å²) in [5, 5.41) is 3.96. The van der Waals surface area contributed by atoms with E-state index in [1.54, 1.807) is 12.1 Å². The van der Waals surface area contributed by atoms with Gasteiger partial charge in [-0.25, -0.2) is 4.98 Å². The zero-order valence-corrected chi connectivity index (χ0v) is 11.7. The fourth-order valence-electron chi connectivity index (χ4n) is 1.51. The molecule has 1 saturated carbocycles. The van der Waals surface area contributed by atoms with Crippen LogP contribution in [0.5, 0.6) is 0 Å². The van der Waals surface area contributed by atoms with Crippen LogP contribution in [-0.4, -0.2) is 16.8 Å². The number of aromatic nitrogens is 1. The summed E-state index contributed by atoms with van der Waals surface area (Å²) in [5.41, 5.74) is 5.79. The van der Waals surface area contributed by atoms with Crippen molar-refractivity contribution in [1.29, 1.82) is 0 Å². The number of nitrogens with zero attached hydrogens (tertiary/aromatic N) is 1. The van der Waals surface area contributed by atoms with Crippen molar-refractivity contribution in [3.05, 3.63) is 26.2 Å². The smallest absolute Gasteiger partial charge is 0.216 e. The molecule has 4 nitrogen and oxygen atoms in total. The van der Waals surface area contributed by atoms with Crippen molar-refractivity contribution in [3.63, 3.8) is 0 Å². The Labute approximate surface area is 117 Å². The third-order valence-corrected chi connectivity index (χ3v) is 4.79. The Hall–Kier alpha value is -1.11. The van der Waals surface area contributed by atoms with Crippen LogP contribution < -0.4 is 11.1 Å². The Morgan fingerprint density at radius 3 is 2.83 bits per heavy atom. The zero-order valence-electron chi connectivity index (χ0n) is 9.27. The topological polar surface area (TPSA) is 68.0 Å². The molecule has 0 saturated heterocycles. The molecule has 0 aromatic carbocycles. The van der Waals surface area contributed by atoms with Crippen molar-refractivity contribution in [2.24, 2.45) is 0 Å². The summed E-state index contributed by atoms with van der Waals surface area (Å²) in [5.74, 6) is 0.184. The minimum Gasteiger partial charge on any atom is -0.382 e. The van der Waals surface area contributed by atoms with E-state index in [0.29, 0.717) is 20.1 Å². The van der Waals surface area contributed by atoms with Crippen molar-refractivity contribution in [3.8, 4) is 0 Å². The highest BCUT2D eigenvalue weighted by Gasteiger charge is 2.24. The molecule has 3 N–H and O–H groups in total. The molecule has 0 aliphatic heterocycles. The average molecular weight is 300 g/mol. The predicted molar refractivity (Wildman–Crippen MR) is 75.9 cm³/mol. The molecule has 3 rings (SSSR count). The van der Waals surface area contributed by atoms with Crippen LogP contribution in [0.3, 0.4) is 0 Å². The Balaban J connectivity index is 1.86. The number of ketones is 1. The van der Waals surface area contributed by atoms with Gasteiger partial charge in [-0.05, 0) is 25.0 Å². The van der Waals surface area contributed by atoms with Gasteiger partial charge in [-0.15, -0.1) is 11.3 Å². The Morgan fingerprint density at radius 1 is 1.44 bits per heavy atom. The van der Waals surface area contributed by atoms with Gasteiger partial charge >= 0.3 is 0 Å². The monoisotopic (exact) mass is 299 g/mol. The second-order valence-electron chi connectivity index (χ2n) is 4.08. The summed E-state index contributed by atoms with van der Waals surface area (Å²) in [7, 11) is 0. The van der Waals surface area contributed by atoms with Crippen LogP contribution in [-0.2, 0) is 0 Å². The van der Waals surface area contributed by atoms with E-state index in [-0.39, 0.29) is 11.6 Å². The third-order valence-electron chi connectivity index (χ3n) is 2.56. The number of hydrogen-bond acceptors (Lipinski definition) is 6. The largest absolute Gasteiger partial charge is 0.382 e. The fourth-order valence-corrected chi connectivity index (χ4v) is 3.48. The summed E-state index contributed by atoms with van der Waals surface area (Å²) in [6.07, 6.45) is 2.31.